The van der Waals surface area contributed by atoms with Crippen LogP contribution in [0.3, 0.4) is 0 Å². The highest BCUT2D eigenvalue weighted by Crippen LogP contribution is 2.34. The van der Waals surface area contributed by atoms with E-state index in [1.165, 1.54) is 38.5 Å². The van der Waals surface area contributed by atoms with Gasteiger partial charge in [-0.25, -0.2) is 19.7 Å². The zero-order chi connectivity index (χ0) is 25.4. The largest absolute Gasteiger partial charge is 0.439 e. The number of hydrogen-bond donors (Lipinski definition) is 2. The van der Waals surface area contributed by atoms with Gasteiger partial charge in [0.1, 0.15) is 5.52 Å². The summed E-state index contributed by atoms with van der Waals surface area (Å²) in [5.74, 6) is 1.46. The number of aromatic nitrogens is 6. The highest BCUT2D eigenvalue weighted by molar-refractivity contribution is 6.08. The second-order valence-corrected chi connectivity index (χ2v) is 10.4. The molecule has 0 aliphatic heterocycles. The van der Waals surface area contributed by atoms with Crippen LogP contribution in [0.1, 0.15) is 74.5 Å². The lowest BCUT2D eigenvalue weighted by Gasteiger charge is -2.32. The molecule has 2 saturated carbocycles. The molecule has 1 aromatic carbocycles. The molecule has 37 heavy (non-hydrogen) atoms. The van der Waals surface area contributed by atoms with Gasteiger partial charge < -0.3 is 9.88 Å². The Bertz CT molecular complexity index is 1460. The Hall–Kier alpha value is -3.82. The molecule has 2 fully saturated rings. The topological polar surface area (TPSA) is 132 Å². The number of nitrogens with one attached hydrogen (secondary N) is 2. The molecule has 3 aromatic heterocycles. The van der Waals surface area contributed by atoms with Gasteiger partial charge in [-0.05, 0) is 44.4 Å². The van der Waals surface area contributed by atoms with Gasteiger partial charge in [0.2, 0.25) is 17.4 Å². The average molecular weight is 502 g/mol. The van der Waals surface area contributed by atoms with E-state index in [9.17, 15) is 9.59 Å². The number of hydrogen-bond acceptors (Lipinski definition) is 8. The minimum atomic E-state index is -0.682. The Morgan fingerprint density at radius 2 is 1.86 bits per heavy atom. The Morgan fingerprint density at radius 1 is 1.08 bits per heavy atom. The number of anilines is 1. The van der Waals surface area contributed by atoms with Crippen LogP contribution in [0.15, 0.2) is 39.6 Å². The lowest BCUT2D eigenvalue weighted by Crippen LogP contribution is -2.31. The lowest BCUT2D eigenvalue weighted by molar-refractivity contribution is 0.102. The van der Waals surface area contributed by atoms with Crippen LogP contribution in [-0.4, -0.2) is 41.5 Å². The van der Waals surface area contributed by atoms with Gasteiger partial charge >= 0.3 is 5.76 Å². The van der Waals surface area contributed by atoms with Crippen molar-refractivity contribution in [2.24, 2.45) is 11.8 Å². The van der Waals surface area contributed by atoms with Gasteiger partial charge in [0.25, 0.3) is 0 Å². The summed E-state index contributed by atoms with van der Waals surface area (Å²) in [6.07, 6.45) is 9.47. The molecule has 2 N–H and O–H groups in total. The van der Waals surface area contributed by atoms with E-state index in [-0.39, 0.29) is 23.5 Å². The Balaban J connectivity index is 1.52. The molecule has 2 aliphatic rings. The van der Waals surface area contributed by atoms with Crippen molar-refractivity contribution in [2.75, 3.05) is 5.32 Å². The van der Waals surface area contributed by atoms with Gasteiger partial charge in [-0.3, -0.25) is 14.3 Å². The van der Waals surface area contributed by atoms with E-state index in [1.807, 2.05) is 34.9 Å². The summed E-state index contributed by atoms with van der Waals surface area (Å²) in [4.78, 5) is 42.0. The summed E-state index contributed by atoms with van der Waals surface area (Å²) in [6.45, 7) is 2.84. The molecule has 0 unspecified atom stereocenters. The van der Waals surface area contributed by atoms with Crippen molar-refractivity contribution in [3.8, 4) is 11.6 Å². The van der Waals surface area contributed by atoms with Gasteiger partial charge in [-0.15, -0.1) is 0 Å². The molecular formula is C27H31N7O3. The summed E-state index contributed by atoms with van der Waals surface area (Å²) in [5, 5.41) is 7.38. The van der Waals surface area contributed by atoms with Crippen LogP contribution in [0.5, 0.6) is 0 Å². The molecule has 192 valence electrons. The number of ketones is 1. The maximum absolute atomic E-state index is 13.7. The molecule has 10 heteroatoms. The second kappa shape index (κ2) is 9.91. The summed E-state index contributed by atoms with van der Waals surface area (Å²) >= 11 is 0. The Morgan fingerprint density at radius 3 is 2.54 bits per heavy atom. The second-order valence-electron chi connectivity index (χ2n) is 10.4. The van der Waals surface area contributed by atoms with Gasteiger partial charge in [0.15, 0.2) is 17.3 Å². The molecule has 0 saturated heterocycles. The average Bonchev–Trinajstić information content (AvgIpc) is 3.47. The minimum absolute atomic E-state index is 0.129. The van der Waals surface area contributed by atoms with Crippen LogP contribution in [0.2, 0.25) is 0 Å². The Kier molecular flexibility index (Phi) is 6.31. The molecule has 1 atom stereocenters. The fourth-order valence-corrected chi connectivity index (χ4v) is 5.54. The molecule has 0 amide bonds. The zero-order valence-electron chi connectivity index (χ0n) is 20.9. The van der Waals surface area contributed by atoms with Crippen LogP contribution in [-0.2, 0) is 6.54 Å². The fourth-order valence-electron chi connectivity index (χ4n) is 5.54. The number of rotatable bonds is 8. The third-order valence-corrected chi connectivity index (χ3v) is 7.88. The molecule has 0 spiro atoms. The maximum atomic E-state index is 13.7. The smallest absolute Gasteiger partial charge is 0.365 e. The highest BCUT2D eigenvalue weighted by Gasteiger charge is 2.29. The first-order chi connectivity index (χ1) is 18.1. The van der Waals surface area contributed by atoms with Crippen molar-refractivity contribution in [1.82, 2.24) is 29.7 Å². The van der Waals surface area contributed by atoms with Crippen LogP contribution >= 0.6 is 0 Å². The van der Waals surface area contributed by atoms with E-state index < -0.39 is 5.76 Å². The van der Waals surface area contributed by atoms with E-state index in [1.54, 1.807) is 0 Å². The minimum Gasteiger partial charge on any atom is -0.365 e. The first kappa shape index (κ1) is 23.6. The fraction of sp³-hybridized carbons (Fsp3) is 0.481. The quantitative estimate of drug-likeness (QED) is 0.335. The van der Waals surface area contributed by atoms with Crippen LogP contribution < -0.4 is 11.1 Å². The van der Waals surface area contributed by atoms with E-state index in [0.717, 1.165) is 12.8 Å². The standard InChI is InChI=1S/C27H31N7O3/c1-16(18-13-8-14-18)28-22-20-23(30-24(29-22)25-32-27(36)37-33-25)31-26(21(35)19-11-6-3-7-12-19)34(20)15-17-9-4-2-5-10-17/h3,6-7,11-12,16-18H,2,4-5,8-10,13-15H2,1H3,(H,28,29,30)(H,32,33,36)/t16-/m1/s1. The molecule has 4 aromatic rings. The first-order valence-corrected chi connectivity index (χ1v) is 13.3. The van der Waals surface area contributed by atoms with E-state index in [4.69, 9.17) is 14.5 Å². The molecular weight excluding hydrogens is 470 g/mol. The molecule has 2 aliphatic carbocycles. The van der Waals surface area contributed by atoms with E-state index in [0.29, 0.717) is 46.8 Å². The van der Waals surface area contributed by atoms with Gasteiger partial charge in [-0.2, -0.15) is 0 Å². The van der Waals surface area contributed by atoms with Crippen LogP contribution in [0, 0.1) is 11.8 Å². The zero-order valence-corrected chi connectivity index (χ0v) is 20.9. The third-order valence-electron chi connectivity index (χ3n) is 7.88. The highest BCUT2D eigenvalue weighted by atomic mass is 16.5. The molecule has 6 rings (SSSR count). The SMILES string of the molecule is C[C@@H](Nc1nc(-c2noc(=O)[nH]2)nc2nc(C(=O)c3ccccc3)n(CC3CCCCC3)c12)C1CCC1. The number of benzene rings is 1. The first-order valence-electron chi connectivity index (χ1n) is 13.3. The number of H-pyrrole nitrogens is 1. The van der Waals surface area contributed by atoms with Crippen molar-refractivity contribution >= 4 is 22.8 Å². The van der Waals surface area contributed by atoms with Crippen LogP contribution in [0.4, 0.5) is 5.82 Å². The number of imidazole rings is 1. The predicted molar refractivity (Wildman–Crippen MR) is 138 cm³/mol. The third kappa shape index (κ3) is 4.68. The Labute approximate surface area is 213 Å². The summed E-state index contributed by atoms with van der Waals surface area (Å²) in [7, 11) is 0. The number of carbonyl (C=O) groups excluding carboxylic acids is 1. The van der Waals surface area contributed by atoms with Gasteiger partial charge in [0.05, 0.1) is 0 Å². The molecule has 0 bridgehead atoms. The van der Waals surface area contributed by atoms with Gasteiger partial charge in [-0.1, -0.05) is 61.2 Å². The van der Waals surface area contributed by atoms with Crippen LogP contribution in [0.25, 0.3) is 22.8 Å². The normalized spacial score (nSPS) is 17.5. The molecule has 0 radical (unpaired) electrons. The lowest BCUT2D eigenvalue weighted by atomic mass is 9.80. The van der Waals surface area contributed by atoms with Gasteiger partial charge in [0, 0.05) is 18.2 Å². The number of aromatic amines is 1. The van der Waals surface area contributed by atoms with Crippen molar-refractivity contribution in [2.45, 2.75) is 70.9 Å². The molecule has 10 nitrogen and oxygen atoms in total. The number of carbonyl (C=O) groups is 1. The summed E-state index contributed by atoms with van der Waals surface area (Å²) in [5.41, 5.74) is 1.69. The summed E-state index contributed by atoms with van der Waals surface area (Å²) in [6, 6.07) is 9.40. The van der Waals surface area contributed by atoms with Crippen molar-refractivity contribution in [3.63, 3.8) is 0 Å². The number of fused-ring (bicyclic) bond motifs is 1. The van der Waals surface area contributed by atoms with E-state index >= 15 is 0 Å². The maximum Gasteiger partial charge on any atom is 0.439 e. The van der Waals surface area contributed by atoms with Crippen molar-refractivity contribution < 1.29 is 9.32 Å². The number of nitrogens with zero attached hydrogens (tertiary/aromatic N) is 5. The van der Waals surface area contributed by atoms with Crippen molar-refractivity contribution in [3.05, 3.63) is 52.3 Å². The summed E-state index contributed by atoms with van der Waals surface area (Å²) < 4.78 is 6.72. The molecule has 3 heterocycles. The monoisotopic (exact) mass is 501 g/mol. The van der Waals surface area contributed by atoms with E-state index in [2.05, 4.69) is 27.4 Å². The van der Waals surface area contributed by atoms with Crippen molar-refractivity contribution in [1.29, 1.82) is 0 Å². The predicted octanol–water partition coefficient (Wildman–Crippen LogP) is 4.58.